The van der Waals surface area contributed by atoms with Crippen molar-refractivity contribution in [1.82, 2.24) is 9.97 Å². The van der Waals surface area contributed by atoms with Crippen LogP contribution in [-0.2, 0) is 20.7 Å². The molecule has 1 aliphatic carbocycles. The Morgan fingerprint density at radius 1 is 0.969 bits per heavy atom. The first-order chi connectivity index (χ1) is 15.7. The number of carbonyl (C=O) groups excluding carboxylic acids is 1. The summed E-state index contributed by atoms with van der Waals surface area (Å²) in [4.78, 5) is 20.7. The van der Waals surface area contributed by atoms with Gasteiger partial charge in [0.15, 0.2) is 6.10 Å². The van der Waals surface area contributed by atoms with Crippen LogP contribution in [0.2, 0.25) is 0 Å². The molecule has 1 atom stereocenters. The largest absolute Gasteiger partial charge is 0.490 e. The van der Waals surface area contributed by atoms with Crippen LogP contribution in [0.15, 0.2) is 67.3 Å². The Balaban J connectivity index is 1.47. The fourth-order valence-electron chi connectivity index (χ4n) is 3.90. The standard InChI is InChI=1S/C26H26N2O4/c1-3-30-25(26(29)31-4-2)15-18-6-5-7-19(14-18)32-13-10-22-20-8-11-27-16-23(20)24-17-28-12-9-21(22)24/h5-12,14,16-17,25H,3-4,13,15H2,1-2H3. The van der Waals surface area contributed by atoms with E-state index in [-0.39, 0.29) is 5.97 Å². The third-order valence-electron chi connectivity index (χ3n) is 5.29. The Bertz CT molecular complexity index is 1080. The van der Waals surface area contributed by atoms with Crippen molar-refractivity contribution in [3.63, 3.8) is 0 Å². The Morgan fingerprint density at radius 3 is 2.34 bits per heavy atom. The smallest absolute Gasteiger partial charge is 0.335 e. The lowest BCUT2D eigenvalue weighted by molar-refractivity contribution is -0.156. The number of carbonyl (C=O) groups is 1. The van der Waals surface area contributed by atoms with E-state index in [0.717, 1.165) is 39.1 Å². The van der Waals surface area contributed by atoms with Crippen molar-refractivity contribution in [2.24, 2.45) is 0 Å². The fraction of sp³-hybridized carbons (Fsp3) is 0.269. The number of fused-ring (bicyclic) bond motifs is 3. The molecule has 164 valence electrons. The number of rotatable bonds is 9. The van der Waals surface area contributed by atoms with Gasteiger partial charge in [-0.1, -0.05) is 12.1 Å². The summed E-state index contributed by atoms with van der Waals surface area (Å²) in [6.07, 6.45) is 9.25. The molecule has 6 heteroatoms. The highest BCUT2D eigenvalue weighted by Gasteiger charge is 2.23. The lowest BCUT2D eigenvalue weighted by atomic mass is 10.1. The van der Waals surface area contributed by atoms with Crippen LogP contribution >= 0.6 is 0 Å². The van der Waals surface area contributed by atoms with Crippen molar-refractivity contribution < 1.29 is 19.0 Å². The molecule has 2 heterocycles. The molecule has 0 spiro atoms. The zero-order valence-electron chi connectivity index (χ0n) is 18.3. The third-order valence-corrected chi connectivity index (χ3v) is 5.29. The van der Waals surface area contributed by atoms with Gasteiger partial charge in [0.05, 0.1) is 6.61 Å². The molecule has 0 saturated carbocycles. The molecule has 0 saturated heterocycles. The molecular weight excluding hydrogens is 404 g/mol. The number of nitrogens with zero attached hydrogens (tertiary/aromatic N) is 2. The molecule has 1 aliphatic rings. The Hall–Kier alpha value is -3.51. The van der Waals surface area contributed by atoms with Crippen molar-refractivity contribution in [1.29, 1.82) is 0 Å². The van der Waals surface area contributed by atoms with Gasteiger partial charge in [0.25, 0.3) is 0 Å². The van der Waals surface area contributed by atoms with Crippen LogP contribution < -0.4 is 4.74 Å². The molecule has 3 aromatic rings. The number of ether oxygens (including phenoxy) is 3. The van der Waals surface area contributed by atoms with Crippen LogP contribution in [0, 0.1) is 0 Å². The number of esters is 1. The van der Waals surface area contributed by atoms with E-state index in [0.29, 0.717) is 26.2 Å². The summed E-state index contributed by atoms with van der Waals surface area (Å²) in [5.74, 6) is 0.398. The summed E-state index contributed by atoms with van der Waals surface area (Å²) in [7, 11) is 0. The Morgan fingerprint density at radius 2 is 1.69 bits per heavy atom. The maximum absolute atomic E-state index is 12.1. The summed E-state index contributed by atoms with van der Waals surface area (Å²) in [5.41, 5.74) is 6.52. The highest BCUT2D eigenvalue weighted by atomic mass is 16.6. The van der Waals surface area contributed by atoms with Crippen LogP contribution in [0.25, 0.3) is 16.7 Å². The van der Waals surface area contributed by atoms with Crippen LogP contribution in [0.5, 0.6) is 5.75 Å². The van der Waals surface area contributed by atoms with Crippen LogP contribution in [-0.4, -0.2) is 41.9 Å². The summed E-state index contributed by atoms with van der Waals surface area (Å²) >= 11 is 0. The highest BCUT2D eigenvalue weighted by molar-refractivity contribution is 6.00. The van der Waals surface area contributed by atoms with E-state index in [1.807, 2.05) is 55.7 Å². The van der Waals surface area contributed by atoms with Gasteiger partial charge in [-0.05, 0) is 66.5 Å². The van der Waals surface area contributed by atoms with Crippen molar-refractivity contribution in [2.45, 2.75) is 26.4 Å². The molecule has 0 radical (unpaired) electrons. The first-order valence-corrected chi connectivity index (χ1v) is 10.8. The molecule has 4 rings (SSSR count). The van der Waals surface area contributed by atoms with Crippen LogP contribution in [0.3, 0.4) is 0 Å². The van der Waals surface area contributed by atoms with E-state index in [9.17, 15) is 4.79 Å². The average molecular weight is 431 g/mol. The predicted octanol–water partition coefficient (Wildman–Crippen LogP) is 4.48. The fourth-order valence-corrected chi connectivity index (χ4v) is 3.90. The van der Waals surface area contributed by atoms with E-state index in [4.69, 9.17) is 14.2 Å². The Kier molecular flexibility index (Phi) is 6.92. The molecule has 0 N–H and O–H groups in total. The monoisotopic (exact) mass is 430 g/mol. The molecule has 0 bridgehead atoms. The molecule has 32 heavy (non-hydrogen) atoms. The van der Waals surface area contributed by atoms with Gasteiger partial charge in [-0.15, -0.1) is 0 Å². The van der Waals surface area contributed by atoms with E-state index >= 15 is 0 Å². The van der Waals surface area contributed by atoms with Gasteiger partial charge in [-0.2, -0.15) is 0 Å². The van der Waals surface area contributed by atoms with Crippen molar-refractivity contribution in [3.8, 4) is 16.9 Å². The van der Waals surface area contributed by atoms with E-state index in [1.165, 1.54) is 0 Å². The topological polar surface area (TPSA) is 70.5 Å². The Labute approximate surface area is 187 Å². The van der Waals surface area contributed by atoms with E-state index < -0.39 is 6.10 Å². The third kappa shape index (κ3) is 4.70. The number of pyridine rings is 2. The summed E-state index contributed by atoms with van der Waals surface area (Å²) in [6.45, 7) is 4.84. The maximum Gasteiger partial charge on any atom is 0.335 e. The van der Waals surface area contributed by atoms with Gasteiger partial charge < -0.3 is 14.2 Å². The molecular formula is C26H26N2O4. The van der Waals surface area contributed by atoms with Crippen molar-refractivity contribution >= 4 is 11.5 Å². The second-order valence-electron chi connectivity index (χ2n) is 7.32. The van der Waals surface area contributed by atoms with Gasteiger partial charge in [-0.3, -0.25) is 9.97 Å². The molecule has 2 aromatic heterocycles. The molecule has 0 amide bonds. The first-order valence-electron chi connectivity index (χ1n) is 10.8. The van der Waals surface area contributed by atoms with Crippen molar-refractivity contribution in [2.75, 3.05) is 19.8 Å². The zero-order valence-corrected chi connectivity index (χ0v) is 18.3. The number of hydrogen-bond acceptors (Lipinski definition) is 6. The number of aromatic nitrogens is 2. The molecule has 1 aromatic carbocycles. The van der Waals surface area contributed by atoms with Gasteiger partial charge in [0.2, 0.25) is 0 Å². The normalized spacial score (nSPS) is 12.6. The van der Waals surface area contributed by atoms with Gasteiger partial charge in [-0.25, -0.2) is 4.79 Å². The second kappa shape index (κ2) is 10.2. The predicted molar refractivity (Wildman–Crippen MR) is 122 cm³/mol. The summed E-state index contributed by atoms with van der Waals surface area (Å²) < 4.78 is 16.7. The minimum atomic E-state index is -0.619. The lowest BCUT2D eigenvalue weighted by Gasteiger charge is -2.16. The highest BCUT2D eigenvalue weighted by Crippen LogP contribution is 2.42. The zero-order chi connectivity index (χ0) is 22.3. The molecule has 6 nitrogen and oxygen atoms in total. The van der Waals surface area contributed by atoms with Crippen LogP contribution in [0.4, 0.5) is 0 Å². The van der Waals surface area contributed by atoms with E-state index in [2.05, 4.69) is 16.0 Å². The summed E-state index contributed by atoms with van der Waals surface area (Å²) in [6, 6.07) is 11.8. The average Bonchev–Trinajstić information content (AvgIpc) is 3.13. The van der Waals surface area contributed by atoms with Crippen molar-refractivity contribution in [3.05, 3.63) is 84.0 Å². The SMILES string of the molecule is CCOC(=O)C(Cc1cccc(OCC=C2c3ccncc3-c3cnccc32)c1)OCC. The molecule has 0 fully saturated rings. The van der Waals surface area contributed by atoms with E-state index in [1.54, 1.807) is 19.3 Å². The van der Waals surface area contributed by atoms with Gasteiger partial charge >= 0.3 is 5.97 Å². The molecule has 1 unspecified atom stereocenters. The van der Waals surface area contributed by atoms with Gasteiger partial charge in [0.1, 0.15) is 12.4 Å². The second-order valence-corrected chi connectivity index (χ2v) is 7.32. The van der Waals surface area contributed by atoms with Gasteiger partial charge in [0, 0.05) is 48.9 Å². The quantitative estimate of drug-likeness (QED) is 0.365. The maximum atomic E-state index is 12.1. The minimum Gasteiger partial charge on any atom is -0.490 e. The minimum absolute atomic E-state index is 0.332. The molecule has 0 aliphatic heterocycles. The number of hydrogen-bond donors (Lipinski definition) is 0. The summed E-state index contributed by atoms with van der Waals surface area (Å²) in [5, 5.41) is 0. The number of benzene rings is 1. The first kappa shape index (κ1) is 21.7. The van der Waals surface area contributed by atoms with Crippen LogP contribution in [0.1, 0.15) is 30.5 Å². The lowest BCUT2D eigenvalue weighted by Crippen LogP contribution is -2.29.